The fraction of sp³-hybridized carbons (Fsp3) is 0.286. The number of nitrogens with two attached hydrogens (primary N) is 1. The molecule has 0 aliphatic heterocycles. The Morgan fingerprint density at radius 2 is 2.03 bits per heavy atom. The highest BCUT2D eigenvalue weighted by atomic mass is 16.2. The Kier molecular flexibility index (Phi) is 6.88. The molecule has 3 rings (SSSR count). The third-order valence-electron chi connectivity index (χ3n) is 4.62. The van der Waals surface area contributed by atoms with Gasteiger partial charge in [-0.05, 0) is 36.6 Å². The van der Waals surface area contributed by atoms with Gasteiger partial charge in [-0.3, -0.25) is 19.4 Å². The molecule has 0 saturated carbocycles. The normalized spacial score (nSPS) is 11.8. The van der Waals surface area contributed by atoms with E-state index in [-0.39, 0.29) is 29.2 Å². The van der Waals surface area contributed by atoms with Crippen LogP contribution in [0.5, 0.6) is 0 Å². The number of nitrogens with zero attached hydrogens (tertiary/aromatic N) is 3. The number of likely N-dealkylation sites (N-methyl/N-ethyl adjacent to an activating group) is 1. The Hall–Kier alpha value is -4.15. The van der Waals surface area contributed by atoms with E-state index in [2.05, 4.69) is 31.0 Å². The summed E-state index contributed by atoms with van der Waals surface area (Å²) in [5, 5.41) is 12.7. The van der Waals surface area contributed by atoms with E-state index in [1.807, 2.05) is 19.9 Å². The van der Waals surface area contributed by atoms with Gasteiger partial charge in [-0.2, -0.15) is 10.1 Å². The minimum atomic E-state index is -0.930. The zero-order chi connectivity index (χ0) is 23.3. The number of rotatable bonds is 9. The van der Waals surface area contributed by atoms with E-state index in [0.717, 1.165) is 5.69 Å². The molecule has 6 N–H and O–H groups in total. The Morgan fingerprint density at radius 1 is 1.25 bits per heavy atom. The highest BCUT2D eigenvalue weighted by Gasteiger charge is 2.22. The number of primary amides is 1. The summed E-state index contributed by atoms with van der Waals surface area (Å²) in [7, 11) is 1.53. The summed E-state index contributed by atoms with van der Waals surface area (Å²) in [6.07, 6.45) is 3.95. The van der Waals surface area contributed by atoms with E-state index in [9.17, 15) is 14.4 Å². The topological polar surface area (TPSA) is 160 Å². The Morgan fingerprint density at radius 3 is 2.66 bits per heavy atom. The number of amides is 2. The van der Waals surface area contributed by atoms with Crippen LogP contribution in [0.2, 0.25) is 0 Å². The number of aromatic amines is 1. The zero-order valence-electron chi connectivity index (χ0n) is 18.0. The van der Waals surface area contributed by atoms with Crippen LogP contribution in [0.15, 0.2) is 47.5 Å². The molecule has 1 aromatic carbocycles. The van der Waals surface area contributed by atoms with Gasteiger partial charge in [-0.1, -0.05) is 19.9 Å². The molecule has 168 valence electrons. The van der Waals surface area contributed by atoms with Crippen molar-refractivity contribution in [1.82, 2.24) is 25.1 Å². The first-order valence-electron chi connectivity index (χ1n) is 10.1. The van der Waals surface area contributed by atoms with E-state index in [0.29, 0.717) is 12.1 Å². The van der Waals surface area contributed by atoms with E-state index in [1.54, 1.807) is 41.3 Å². The van der Waals surface area contributed by atoms with Crippen molar-refractivity contribution in [3.8, 4) is 5.69 Å². The summed E-state index contributed by atoms with van der Waals surface area (Å²) in [6, 6.07) is 8.34. The molecule has 0 aliphatic carbocycles. The zero-order valence-corrected chi connectivity index (χ0v) is 18.0. The van der Waals surface area contributed by atoms with Crippen molar-refractivity contribution in [3.05, 3.63) is 58.6 Å². The van der Waals surface area contributed by atoms with Gasteiger partial charge in [0.15, 0.2) is 5.82 Å². The fourth-order valence-electron chi connectivity index (χ4n) is 3.19. The standard InChI is InChI=1S/C21H26N8O3/c1-12(2)10-15(19(31)23-3)26-21-27-18(16(17(22)30)20(32)28-21)25-13-6-4-7-14(11-13)29-9-5-8-24-29/h4-9,11-12,15H,10H2,1-3H3,(H2,22,30)(H,23,31)(H3,25,26,27,28,32)/t15-/m1/s1. The molecule has 11 nitrogen and oxygen atoms in total. The Balaban J connectivity index is 1.97. The molecule has 0 spiro atoms. The molecular formula is C21H26N8O3. The number of benzene rings is 1. The minimum absolute atomic E-state index is 0.0263. The fourth-order valence-corrected chi connectivity index (χ4v) is 3.19. The number of H-pyrrole nitrogens is 1. The second-order valence-electron chi connectivity index (χ2n) is 7.57. The van der Waals surface area contributed by atoms with Crippen LogP contribution >= 0.6 is 0 Å². The largest absolute Gasteiger partial charge is 0.365 e. The van der Waals surface area contributed by atoms with Crippen LogP contribution in [0, 0.1) is 5.92 Å². The predicted molar refractivity (Wildman–Crippen MR) is 121 cm³/mol. The van der Waals surface area contributed by atoms with Gasteiger partial charge in [-0.15, -0.1) is 0 Å². The van der Waals surface area contributed by atoms with E-state index in [4.69, 9.17) is 5.73 Å². The van der Waals surface area contributed by atoms with Crippen LogP contribution in [-0.4, -0.2) is 44.7 Å². The lowest BCUT2D eigenvalue weighted by Gasteiger charge is -2.20. The van der Waals surface area contributed by atoms with Gasteiger partial charge < -0.3 is 21.7 Å². The van der Waals surface area contributed by atoms with Gasteiger partial charge in [0.25, 0.3) is 11.5 Å². The van der Waals surface area contributed by atoms with Crippen molar-refractivity contribution >= 4 is 29.3 Å². The van der Waals surface area contributed by atoms with Crippen LogP contribution in [0.1, 0.15) is 30.6 Å². The average molecular weight is 438 g/mol. The van der Waals surface area contributed by atoms with Crippen LogP contribution in [0.3, 0.4) is 0 Å². The number of nitrogens with one attached hydrogen (secondary N) is 4. The highest BCUT2D eigenvalue weighted by Crippen LogP contribution is 2.21. The molecule has 0 radical (unpaired) electrons. The van der Waals surface area contributed by atoms with Crippen molar-refractivity contribution in [3.63, 3.8) is 0 Å². The van der Waals surface area contributed by atoms with Gasteiger partial charge >= 0.3 is 0 Å². The molecule has 2 amide bonds. The third-order valence-corrected chi connectivity index (χ3v) is 4.62. The number of anilines is 3. The van der Waals surface area contributed by atoms with Gasteiger partial charge in [-0.25, -0.2) is 4.68 Å². The summed E-state index contributed by atoms with van der Waals surface area (Å²) in [5.74, 6) is -0.951. The second-order valence-corrected chi connectivity index (χ2v) is 7.57. The maximum atomic E-state index is 12.6. The third kappa shape index (κ3) is 5.31. The van der Waals surface area contributed by atoms with Crippen molar-refractivity contribution < 1.29 is 9.59 Å². The summed E-state index contributed by atoms with van der Waals surface area (Å²) in [6.45, 7) is 3.95. The number of hydrogen-bond acceptors (Lipinski definition) is 7. The lowest BCUT2D eigenvalue weighted by Crippen LogP contribution is -2.40. The monoisotopic (exact) mass is 438 g/mol. The number of aromatic nitrogens is 4. The quantitative estimate of drug-likeness (QED) is 0.337. The number of hydrogen-bond donors (Lipinski definition) is 5. The molecule has 0 aliphatic rings. The van der Waals surface area contributed by atoms with E-state index >= 15 is 0 Å². The summed E-state index contributed by atoms with van der Waals surface area (Å²) in [5.41, 5.74) is 5.71. The number of carbonyl (C=O) groups excluding carboxylic acids is 2. The average Bonchev–Trinajstić information content (AvgIpc) is 3.27. The van der Waals surface area contributed by atoms with Gasteiger partial charge in [0, 0.05) is 25.1 Å². The molecule has 2 aromatic heterocycles. The number of carbonyl (C=O) groups is 2. The predicted octanol–water partition coefficient (Wildman–Crippen LogP) is 1.37. The minimum Gasteiger partial charge on any atom is -0.365 e. The SMILES string of the molecule is CNC(=O)[C@@H](CC(C)C)Nc1nc(Nc2cccc(-n3cccn3)c2)c(C(N)=O)c(=O)[nH]1. The molecule has 0 saturated heterocycles. The lowest BCUT2D eigenvalue weighted by atomic mass is 10.0. The molecule has 0 unspecified atom stereocenters. The first-order valence-corrected chi connectivity index (χ1v) is 10.1. The molecule has 11 heteroatoms. The van der Waals surface area contributed by atoms with E-state index < -0.39 is 17.5 Å². The molecule has 0 fully saturated rings. The summed E-state index contributed by atoms with van der Waals surface area (Å²) < 4.78 is 1.66. The molecular weight excluding hydrogens is 412 g/mol. The highest BCUT2D eigenvalue weighted by molar-refractivity contribution is 5.98. The molecule has 0 bridgehead atoms. The van der Waals surface area contributed by atoms with Crippen molar-refractivity contribution in [1.29, 1.82) is 0 Å². The first kappa shape index (κ1) is 22.5. The van der Waals surface area contributed by atoms with E-state index in [1.165, 1.54) is 7.05 Å². The molecule has 32 heavy (non-hydrogen) atoms. The molecule has 3 aromatic rings. The Labute approximate surface area is 184 Å². The lowest BCUT2D eigenvalue weighted by molar-refractivity contribution is -0.121. The Bertz CT molecular complexity index is 1150. The van der Waals surface area contributed by atoms with Gasteiger partial charge in [0.2, 0.25) is 11.9 Å². The maximum Gasteiger partial charge on any atom is 0.267 e. The first-order chi connectivity index (χ1) is 15.3. The van der Waals surface area contributed by atoms with Crippen molar-refractivity contribution in [2.24, 2.45) is 11.7 Å². The molecule has 1 atom stereocenters. The summed E-state index contributed by atoms with van der Waals surface area (Å²) in [4.78, 5) is 43.6. The van der Waals surface area contributed by atoms with Crippen molar-refractivity contribution in [2.45, 2.75) is 26.3 Å². The smallest absolute Gasteiger partial charge is 0.267 e. The van der Waals surface area contributed by atoms with Crippen LogP contribution < -0.4 is 27.2 Å². The van der Waals surface area contributed by atoms with Crippen LogP contribution in [0.25, 0.3) is 5.69 Å². The van der Waals surface area contributed by atoms with Crippen molar-refractivity contribution in [2.75, 3.05) is 17.7 Å². The molecule has 2 heterocycles. The maximum absolute atomic E-state index is 12.6. The van der Waals surface area contributed by atoms with Crippen LogP contribution in [0.4, 0.5) is 17.5 Å². The second kappa shape index (κ2) is 9.77. The van der Waals surface area contributed by atoms with Gasteiger partial charge in [0.05, 0.1) is 5.69 Å². The van der Waals surface area contributed by atoms with Crippen LogP contribution in [-0.2, 0) is 4.79 Å². The summed E-state index contributed by atoms with van der Waals surface area (Å²) >= 11 is 0. The van der Waals surface area contributed by atoms with Gasteiger partial charge in [0.1, 0.15) is 11.6 Å².